The summed E-state index contributed by atoms with van der Waals surface area (Å²) >= 11 is 0. The van der Waals surface area contributed by atoms with E-state index in [1.165, 1.54) is 154 Å². The fourth-order valence-electron chi connectivity index (χ4n) is 5.32. The average molecular weight is 581 g/mol. The first-order chi connectivity index (χ1) is 20.2. The number of aliphatic hydroxyl groups excluding tert-OH is 1. The number of aliphatic hydroxyl groups is 1. The van der Waals surface area contributed by atoms with Crippen LogP contribution < -0.4 is 0 Å². The van der Waals surface area contributed by atoms with Crippen LogP contribution in [0, 0.1) is 0 Å². The molecule has 0 aromatic heterocycles. The van der Waals surface area contributed by atoms with Crippen LogP contribution in [0.3, 0.4) is 0 Å². The zero-order chi connectivity index (χ0) is 29.9. The first-order valence-electron chi connectivity index (χ1n) is 18.3. The molecule has 0 rings (SSSR count). The minimum Gasteiger partial charge on any atom is -0.457 e. The molecule has 0 aliphatic rings. The number of ether oxygens (including phenoxy) is 2. The largest absolute Gasteiger partial charge is 0.457 e. The summed E-state index contributed by atoms with van der Waals surface area (Å²) in [6, 6.07) is 0. The maximum absolute atomic E-state index is 12.1. The molecule has 0 saturated carbocycles. The van der Waals surface area contributed by atoms with Crippen molar-refractivity contribution in [3.05, 3.63) is 12.2 Å². The zero-order valence-corrected chi connectivity index (χ0v) is 27.8. The molecule has 0 fully saturated rings. The molecule has 4 nitrogen and oxygen atoms in total. The van der Waals surface area contributed by atoms with E-state index in [9.17, 15) is 9.90 Å². The van der Waals surface area contributed by atoms with Crippen molar-refractivity contribution >= 4 is 5.97 Å². The van der Waals surface area contributed by atoms with Crippen molar-refractivity contribution in [2.24, 2.45) is 0 Å². The number of hydrogen-bond acceptors (Lipinski definition) is 4. The Balaban J connectivity index is 3.40. The van der Waals surface area contributed by atoms with E-state index in [4.69, 9.17) is 9.47 Å². The Morgan fingerprint density at radius 2 is 0.951 bits per heavy atom. The van der Waals surface area contributed by atoms with Gasteiger partial charge in [0.1, 0.15) is 6.10 Å². The Kier molecular flexibility index (Phi) is 34.6. The summed E-state index contributed by atoms with van der Waals surface area (Å²) in [6.45, 7) is 5.35. The van der Waals surface area contributed by atoms with Gasteiger partial charge in [-0.25, -0.2) is 0 Å². The smallest absolute Gasteiger partial charge is 0.306 e. The summed E-state index contributed by atoms with van der Waals surface area (Å²) in [6.07, 6.45) is 39.6. The maximum Gasteiger partial charge on any atom is 0.306 e. The lowest BCUT2D eigenvalue weighted by atomic mass is 10.1. The molecule has 1 N–H and O–H groups in total. The van der Waals surface area contributed by atoms with Gasteiger partial charge in [0.05, 0.1) is 13.2 Å². The minimum atomic E-state index is -0.527. The summed E-state index contributed by atoms with van der Waals surface area (Å²) in [5, 5.41) is 9.53. The lowest BCUT2D eigenvalue weighted by Gasteiger charge is -2.16. The topological polar surface area (TPSA) is 55.8 Å². The highest BCUT2D eigenvalue weighted by atomic mass is 16.6. The fourth-order valence-corrected chi connectivity index (χ4v) is 5.32. The van der Waals surface area contributed by atoms with E-state index in [2.05, 4.69) is 26.0 Å². The monoisotopic (exact) mass is 581 g/mol. The Bertz CT molecular complexity index is 533. The van der Waals surface area contributed by atoms with Crippen molar-refractivity contribution in [1.29, 1.82) is 0 Å². The number of allylic oxidation sites excluding steroid dienone is 2. The van der Waals surface area contributed by atoms with Gasteiger partial charge in [-0.3, -0.25) is 4.79 Å². The lowest BCUT2D eigenvalue weighted by molar-refractivity contribution is -0.154. The molecule has 0 aliphatic carbocycles. The van der Waals surface area contributed by atoms with Crippen LogP contribution in [-0.4, -0.2) is 37.0 Å². The van der Waals surface area contributed by atoms with Crippen LogP contribution >= 0.6 is 0 Å². The number of hydrogen-bond donors (Lipinski definition) is 1. The van der Waals surface area contributed by atoms with E-state index < -0.39 is 6.10 Å². The van der Waals surface area contributed by atoms with Gasteiger partial charge in [-0.15, -0.1) is 0 Å². The first kappa shape index (κ1) is 40.1. The predicted molar refractivity (Wildman–Crippen MR) is 178 cm³/mol. The van der Waals surface area contributed by atoms with Crippen LogP contribution in [0.15, 0.2) is 12.2 Å². The second kappa shape index (κ2) is 35.3. The predicted octanol–water partition coefficient (Wildman–Crippen LogP) is 11.4. The maximum atomic E-state index is 12.1. The SMILES string of the molecule is CCCCCCCC/C=C\CCCCCCCCCCOCC(CO)OC(=O)CCCCCCCCCCCCC. The number of esters is 1. The molecule has 1 atom stereocenters. The van der Waals surface area contributed by atoms with E-state index >= 15 is 0 Å². The fraction of sp³-hybridized carbons (Fsp3) is 0.919. The highest BCUT2D eigenvalue weighted by Gasteiger charge is 2.13. The van der Waals surface area contributed by atoms with Crippen molar-refractivity contribution in [3.8, 4) is 0 Å². The van der Waals surface area contributed by atoms with E-state index in [-0.39, 0.29) is 12.6 Å². The van der Waals surface area contributed by atoms with Crippen LogP contribution in [0.4, 0.5) is 0 Å². The van der Waals surface area contributed by atoms with Gasteiger partial charge in [0.25, 0.3) is 0 Å². The molecule has 0 spiro atoms. The molecule has 0 bridgehead atoms. The lowest BCUT2D eigenvalue weighted by Crippen LogP contribution is -2.27. The quantitative estimate of drug-likeness (QED) is 0.0467. The minimum absolute atomic E-state index is 0.168. The number of rotatable bonds is 34. The molecule has 4 heteroatoms. The van der Waals surface area contributed by atoms with Gasteiger partial charge in [-0.1, -0.05) is 161 Å². The second-order valence-electron chi connectivity index (χ2n) is 12.3. The highest BCUT2D eigenvalue weighted by Crippen LogP contribution is 2.13. The molecule has 0 saturated heterocycles. The van der Waals surface area contributed by atoms with Crippen molar-refractivity contribution in [2.75, 3.05) is 19.8 Å². The Hall–Kier alpha value is -0.870. The number of carbonyl (C=O) groups is 1. The van der Waals surface area contributed by atoms with Gasteiger partial charge < -0.3 is 14.6 Å². The molecular weight excluding hydrogens is 508 g/mol. The molecule has 0 aromatic rings. The van der Waals surface area contributed by atoms with Crippen LogP contribution in [0.5, 0.6) is 0 Å². The Morgan fingerprint density at radius 1 is 0.561 bits per heavy atom. The number of carbonyl (C=O) groups excluding carboxylic acids is 1. The van der Waals surface area contributed by atoms with Gasteiger partial charge in [0.15, 0.2) is 0 Å². The van der Waals surface area contributed by atoms with Crippen molar-refractivity contribution < 1.29 is 19.4 Å². The van der Waals surface area contributed by atoms with E-state index in [1.807, 2.05) is 0 Å². The molecule has 0 amide bonds. The Labute approximate surface area is 256 Å². The summed E-state index contributed by atoms with van der Waals surface area (Å²) in [4.78, 5) is 12.1. The van der Waals surface area contributed by atoms with E-state index in [0.717, 1.165) is 19.3 Å². The molecular formula is C37H72O4. The molecule has 0 heterocycles. The first-order valence-corrected chi connectivity index (χ1v) is 18.3. The van der Waals surface area contributed by atoms with E-state index in [1.54, 1.807) is 0 Å². The molecule has 41 heavy (non-hydrogen) atoms. The molecule has 0 aliphatic heterocycles. The van der Waals surface area contributed by atoms with Crippen LogP contribution in [0.25, 0.3) is 0 Å². The van der Waals surface area contributed by atoms with Gasteiger partial charge in [-0.2, -0.15) is 0 Å². The molecule has 0 aromatic carbocycles. The third-order valence-corrected chi connectivity index (χ3v) is 8.09. The van der Waals surface area contributed by atoms with Crippen LogP contribution in [-0.2, 0) is 14.3 Å². The van der Waals surface area contributed by atoms with Crippen LogP contribution in [0.2, 0.25) is 0 Å². The molecule has 1 unspecified atom stereocenters. The van der Waals surface area contributed by atoms with Gasteiger partial charge in [-0.05, 0) is 38.5 Å². The molecule has 244 valence electrons. The van der Waals surface area contributed by atoms with Crippen molar-refractivity contribution in [2.45, 2.75) is 200 Å². The van der Waals surface area contributed by atoms with Gasteiger partial charge in [0, 0.05) is 13.0 Å². The zero-order valence-electron chi connectivity index (χ0n) is 27.8. The van der Waals surface area contributed by atoms with Gasteiger partial charge >= 0.3 is 5.97 Å². The summed E-state index contributed by atoms with van der Waals surface area (Å²) < 4.78 is 11.1. The van der Waals surface area contributed by atoms with Crippen molar-refractivity contribution in [1.82, 2.24) is 0 Å². The normalized spacial score (nSPS) is 12.4. The standard InChI is InChI=1S/C37H72O4/c1-3-5-7-9-11-13-15-16-17-18-19-20-21-23-25-27-29-31-33-40-35-36(34-38)41-37(39)32-30-28-26-24-22-14-12-10-8-6-4-2/h16-17,36,38H,3-15,18-35H2,1-2H3/b17-16-. The summed E-state index contributed by atoms with van der Waals surface area (Å²) in [7, 11) is 0. The second-order valence-corrected chi connectivity index (χ2v) is 12.3. The van der Waals surface area contributed by atoms with Crippen LogP contribution in [0.1, 0.15) is 194 Å². The average Bonchev–Trinajstić information content (AvgIpc) is 2.98. The summed E-state index contributed by atoms with van der Waals surface area (Å²) in [5.74, 6) is -0.201. The Morgan fingerprint density at radius 3 is 1.39 bits per heavy atom. The van der Waals surface area contributed by atoms with Gasteiger partial charge in [0.2, 0.25) is 0 Å². The third-order valence-electron chi connectivity index (χ3n) is 8.09. The van der Waals surface area contributed by atoms with Crippen molar-refractivity contribution in [3.63, 3.8) is 0 Å². The third kappa shape index (κ3) is 33.5. The molecule has 0 radical (unpaired) electrons. The van der Waals surface area contributed by atoms with E-state index in [0.29, 0.717) is 19.6 Å². The summed E-state index contributed by atoms with van der Waals surface area (Å²) in [5.41, 5.74) is 0. The highest BCUT2D eigenvalue weighted by molar-refractivity contribution is 5.69. The number of unbranched alkanes of at least 4 members (excludes halogenated alkanes) is 24.